The molecular formula is C22H22N2O4. The van der Waals surface area contributed by atoms with E-state index < -0.39 is 5.91 Å². The maximum atomic E-state index is 12.4. The first-order valence-electron chi connectivity index (χ1n) is 8.69. The van der Waals surface area contributed by atoms with Gasteiger partial charge in [0.1, 0.15) is 24.0 Å². The Balaban J connectivity index is 2.21. The Labute approximate surface area is 164 Å². The second-order valence-electron chi connectivity index (χ2n) is 5.59. The molecule has 0 atom stereocenters. The molecule has 0 fully saturated rings. The van der Waals surface area contributed by atoms with Crippen molar-refractivity contribution in [1.82, 2.24) is 0 Å². The quantitative estimate of drug-likeness (QED) is 0.402. The van der Waals surface area contributed by atoms with Crippen LogP contribution in [-0.4, -0.2) is 26.2 Å². The van der Waals surface area contributed by atoms with Crippen molar-refractivity contribution in [3.05, 3.63) is 66.3 Å². The molecule has 0 radical (unpaired) electrons. The normalized spacial score (nSPS) is 10.5. The number of ether oxygens (including phenoxy) is 3. The fourth-order valence-corrected chi connectivity index (χ4v) is 2.34. The maximum Gasteiger partial charge on any atom is 0.266 e. The molecule has 0 spiro atoms. The van der Waals surface area contributed by atoms with Crippen molar-refractivity contribution in [3.63, 3.8) is 0 Å². The predicted octanol–water partition coefficient (Wildman–Crippen LogP) is 4.20. The van der Waals surface area contributed by atoms with Crippen LogP contribution in [0.15, 0.2) is 60.7 Å². The van der Waals surface area contributed by atoms with Crippen molar-refractivity contribution >= 4 is 17.7 Å². The molecule has 6 heteroatoms. The molecule has 0 aliphatic carbocycles. The van der Waals surface area contributed by atoms with E-state index >= 15 is 0 Å². The van der Waals surface area contributed by atoms with Gasteiger partial charge in [-0.05, 0) is 55.0 Å². The Hall–Kier alpha value is -3.72. The highest BCUT2D eigenvalue weighted by Gasteiger charge is 2.11. The Morgan fingerprint density at radius 1 is 1.18 bits per heavy atom. The molecule has 1 amide bonds. The number of carbonyl (C=O) groups is 1. The molecule has 0 heterocycles. The van der Waals surface area contributed by atoms with Gasteiger partial charge in [-0.15, -0.1) is 0 Å². The summed E-state index contributed by atoms with van der Waals surface area (Å²) in [6.45, 7) is 6.29. The van der Waals surface area contributed by atoms with E-state index in [1.807, 2.05) is 13.0 Å². The average Bonchev–Trinajstić information content (AvgIpc) is 2.72. The minimum absolute atomic E-state index is 0.0296. The Morgan fingerprint density at radius 3 is 2.54 bits per heavy atom. The Morgan fingerprint density at radius 2 is 1.93 bits per heavy atom. The van der Waals surface area contributed by atoms with Gasteiger partial charge in [0.15, 0.2) is 11.5 Å². The van der Waals surface area contributed by atoms with Crippen molar-refractivity contribution in [1.29, 1.82) is 5.26 Å². The zero-order valence-corrected chi connectivity index (χ0v) is 15.9. The van der Waals surface area contributed by atoms with Gasteiger partial charge < -0.3 is 19.5 Å². The number of anilines is 1. The van der Waals surface area contributed by atoms with Crippen LogP contribution in [0.25, 0.3) is 6.08 Å². The van der Waals surface area contributed by atoms with Crippen LogP contribution in [0, 0.1) is 11.3 Å². The number of amides is 1. The number of hydrogen-bond donors (Lipinski definition) is 1. The van der Waals surface area contributed by atoms with Crippen LogP contribution in [0.3, 0.4) is 0 Å². The average molecular weight is 378 g/mol. The summed E-state index contributed by atoms with van der Waals surface area (Å²) in [6.07, 6.45) is 3.14. The van der Waals surface area contributed by atoms with Gasteiger partial charge >= 0.3 is 0 Å². The van der Waals surface area contributed by atoms with E-state index in [0.29, 0.717) is 41.7 Å². The van der Waals surface area contributed by atoms with Crippen LogP contribution in [0.1, 0.15) is 12.5 Å². The van der Waals surface area contributed by atoms with Crippen LogP contribution < -0.4 is 19.5 Å². The maximum absolute atomic E-state index is 12.4. The van der Waals surface area contributed by atoms with E-state index in [-0.39, 0.29) is 5.57 Å². The molecule has 2 aromatic carbocycles. The third kappa shape index (κ3) is 5.64. The van der Waals surface area contributed by atoms with Crippen molar-refractivity contribution in [2.75, 3.05) is 25.6 Å². The fraction of sp³-hybridized carbons (Fsp3) is 0.182. The molecule has 2 aromatic rings. The summed E-state index contributed by atoms with van der Waals surface area (Å²) in [5.74, 6) is 1.28. The number of nitriles is 1. The number of methoxy groups -OCH3 is 1. The van der Waals surface area contributed by atoms with Crippen LogP contribution in [-0.2, 0) is 4.79 Å². The lowest BCUT2D eigenvalue weighted by molar-refractivity contribution is -0.112. The second-order valence-corrected chi connectivity index (χ2v) is 5.59. The molecule has 0 saturated heterocycles. The van der Waals surface area contributed by atoms with Gasteiger partial charge in [-0.2, -0.15) is 5.26 Å². The first kappa shape index (κ1) is 20.6. The summed E-state index contributed by atoms with van der Waals surface area (Å²) < 4.78 is 16.2. The van der Waals surface area contributed by atoms with Gasteiger partial charge in [0.05, 0.1) is 13.7 Å². The summed E-state index contributed by atoms with van der Waals surface area (Å²) in [7, 11) is 1.56. The van der Waals surface area contributed by atoms with E-state index in [2.05, 4.69) is 11.9 Å². The largest absolute Gasteiger partial charge is 0.497 e. The third-order valence-electron chi connectivity index (χ3n) is 3.65. The minimum atomic E-state index is -0.502. The number of carbonyl (C=O) groups excluding carboxylic acids is 1. The molecule has 0 aliphatic rings. The molecular weight excluding hydrogens is 356 g/mol. The molecule has 0 bridgehead atoms. The smallest absolute Gasteiger partial charge is 0.266 e. The minimum Gasteiger partial charge on any atom is -0.497 e. The Bertz CT molecular complexity index is 896. The van der Waals surface area contributed by atoms with Gasteiger partial charge in [-0.1, -0.05) is 18.7 Å². The van der Waals surface area contributed by atoms with E-state index in [9.17, 15) is 10.1 Å². The zero-order valence-electron chi connectivity index (χ0n) is 15.9. The molecule has 0 aromatic heterocycles. The van der Waals surface area contributed by atoms with Gasteiger partial charge in [0.2, 0.25) is 0 Å². The standard InChI is InChI=1S/C22H22N2O4/c1-4-12-28-20-11-6-16(14-21(20)27-5-2)13-17(15-23)22(25)24-18-7-9-19(26-3)10-8-18/h4,6-11,13-14H,1,5,12H2,2-3H3,(H,24,25)/b17-13+. The van der Waals surface area contributed by atoms with E-state index in [1.54, 1.807) is 55.7 Å². The lowest BCUT2D eigenvalue weighted by atomic mass is 10.1. The zero-order chi connectivity index (χ0) is 20.4. The van der Waals surface area contributed by atoms with Crippen molar-refractivity contribution in [2.24, 2.45) is 0 Å². The summed E-state index contributed by atoms with van der Waals surface area (Å²) in [4.78, 5) is 12.4. The topological polar surface area (TPSA) is 80.6 Å². The molecule has 0 saturated carbocycles. The van der Waals surface area contributed by atoms with Gasteiger partial charge in [0.25, 0.3) is 5.91 Å². The lowest BCUT2D eigenvalue weighted by Crippen LogP contribution is -2.13. The number of nitrogens with zero attached hydrogens (tertiary/aromatic N) is 1. The molecule has 28 heavy (non-hydrogen) atoms. The first-order chi connectivity index (χ1) is 13.6. The van der Waals surface area contributed by atoms with Crippen LogP contribution in [0.2, 0.25) is 0 Å². The predicted molar refractivity (Wildman–Crippen MR) is 109 cm³/mol. The number of benzene rings is 2. The number of rotatable bonds is 9. The van der Waals surface area contributed by atoms with Crippen LogP contribution in [0.5, 0.6) is 17.2 Å². The lowest BCUT2D eigenvalue weighted by Gasteiger charge is -2.11. The summed E-state index contributed by atoms with van der Waals surface area (Å²) >= 11 is 0. The van der Waals surface area contributed by atoms with Gasteiger partial charge in [-0.3, -0.25) is 4.79 Å². The first-order valence-corrected chi connectivity index (χ1v) is 8.69. The highest BCUT2D eigenvalue weighted by atomic mass is 16.5. The third-order valence-corrected chi connectivity index (χ3v) is 3.65. The SMILES string of the molecule is C=CCOc1ccc(/C=C(\C#N)C(=O)Nc2ccc(OC)cc2)cc1OCC. The van der Waals surface area contributed by atoms with Crippen LogP contribution >= 0.6 is 0 Å². The van der Waals surface area contributed by atoms with E-state index in [4.69, 9.17) is 14.2 Å². The molecule has 0 aliphatic heterocycles. The van der Waals surface area contributed by atoms with E-state index in [1.165, 1.54) is 6.08 Å². The highest BCUT2D eigenvalue weighted by Crippen LogP contribution is 2.29. The van der Waals surface area contributed by atoms with E-state index in [0.717, 1.165) is 0 Å². The van der Waals surface area contributed by atoms with Crippen molar-refractivity contribution < 1.29 is 19.0 Å². The van der Waals surface area contributed by atoms with Crippen molar-refractivity contribution in [2.45, 2.75) is 6.92 Å². The summed E-state index contributed by atoms with van der Waals surface area (Å²) in [5.41, 5.74) is 1.18. The highest BCUT2D eigenvalue weighted by molar-refractivity contribution is 6.09. The molecule has 2 rings (SSSR count). The van der Waals surface area contributed by atoms with Crippen molar-refractivity contribution in [3.8, 4) is 23.3 Å². The second kappa shape index (κ2) is 10.4. The van der Waals surface area contributed by atoms with Gasteiger partial charge in [0, 0.05) is 5.69 Å². The molecule has 144 valence electrons. The number of nitrogens with one attached hydrogen (secondary N) is 1. The van der Waals surface area contributed by atoms with Gasteiger partial charge in [-0.25, -0.2) is 0 Å². The number of hydrogen-bond acceptors (Lipinski definition) is 5. The summed E-state index contributed by atoms with van der Waals surface area (Å²) in [6, 6.07) is 14.0. The molecule has 6 nitrogen and oxygen atoms in total. The molecule has 1 N–H and O–H groups in total. The van der Waals surface area contributed by atoms with Crippen LogP contribution in [0.4, 0.5) is 5.69 Å². The Kier molecular flexibility index (Phi) is 7.67. The monoisotopic (exact) mass is 378 g/mol. The molecule has 0 unspecified atom stereocenters. The summed E-state index contributed by atoms with van der Waals surface area (Å²) in [5, 5.41) is 12.1. The fourth-order valence-electron chi connectivity index (χ4n) is 2.34.